The molecule has 1 aliphatic heterocycles. The van der Waals surface area contributed by atoms with Gasteiger partial charge in [0, 0.05) is 20.1 Å². The zero-order valence-electron chi connectivity index (χ0n) is 13.1. The molecule has 23 heavy (non-hydrogen) atoms. The molecule has 0 saturated carbocycles. The van der Waals surface area contributed by atoms with Crippen molar-refractivity contribution < 1.29 is 9.90 Å². The Morgan fingerprint density at radius 1 is 1.30 bits per heavy atom. The minimum atomic E-state index is -1.03. The van der Waals surface area contributed by atoms with Gasteiger partial charge in [-0.3, -0.25) is 9.36 Å². The summed E-state index contributed by atoms with van der Waals surface area (Å²) in [6.07, 6.45) is 0.00162. The lowest BCUT2D eigenvalue weighted by molar-refractivity contribution is -0.142. The number of rotatable bonds is 4. The third-order valence-corrected chi connectivity index (χ3v) is 4.16. The van der Waals surface area contributed by atoms with Gasteiger partial charge < -0.3 is 10.0 Å². The molecule has 0 saturated heterocycles. The van der Waals surface area contributed by atoms with Crippen molar-refractivity contribution in [3.8, 4) is 0 Å². The first-order valence-electron chi connectivity index (χ1n) is 7.70. The zero-order chi connectivity index (χ0) is 16.4. The molecule has 1 unspecified atom stereocenters. The van der Waals surface area contributed by atoms with Gasteiger partial charge in [0.2, 0.25) is 0 Å². The van der Waals surface area contributed by atoms with E-state index in [2.05, 4.69) is 5.10 Å². The molecule has 1 aliphatic rings. The molecule has 2 heterocycles. The van der Waals surface area contributed by atoms with Gasteiger partial charge in [0.05, 0.1) is 6.54 Å². The van der Waals surface area contributed by atoms with Crippen LogP contribution in [0.2, 0.25) is 0 Å². The van der Waals surface area contributed by atoms with Gasteiger partial charge in [0.25, 0.3) is 5.91 Å². The predicted octanol–water partition coefficient (Wildman–Crippen LogP) is -0.0823. The van der Waals surface area contributed by atoms with Crippen molar-refractivity contribution in [1.82, 2.24) is 19.2 Å². The van der Waals surface area contributed by atoms with Crippen LogP contribution in [0.25, 0.3) is 0 Å². The summed E-state index contributed by atoms with van der Waals surface area (Å²) < 4.78 is 2.84. The minimum absolute atomic E-state index is 0.170. The van der Waals surface area contributed by atoms with Gasteiger partial charge >= 0.3 is 5.69 Å². The van der Waals surface area contributed by atoms with Crippen LogP contribution in [0.5, 0.6) is 0 Å². The molecule has 1 aromatic carbocycles. The molecular formula is C16H20N4O3. The van der Waals surface area contributed by atoms with Gasteiger partial charge in [0.15, 0.2) is 5.82 Å². The fourth-order valence-electron chi connectivity index (χ4n) is 2.84. The first-order valence-corrected chi connectivity index (χ1v) is 7.70. The van der Waals surface area contributed by atoms with Gasteiger partial charge in [-0.1, -0.05) is 30.3 Å². The number of carbonyl (C=O) groups is 1. The topological polar surface area (TPSA) is 80.4 Å². The smallest absolute Gasteiger partial charge is 0.345 e. The molecule has 2 aromatic rings. The molecule has 0 bridgehead atoms. The van der Waals surface area contributed by atoms with E-state index in [0.29, 0.717) is 31.8 Å². The second kappa shape index (κ2) is 6.37. The Morgan fingerprint density at radius 2 is 2.04 bits per heavy atom. The SMILES string of the molecule is Cn1nc2n(c1=O)CCN(C(=O)C(O)CCc1ccccc1)C2. The van der Waals surface area contributed by atoms with E-state index in [1.807, 2.05) is 30.3 Å². The van der Waals surface area contributed by atoms with Crippen LogP contribution in [-0.4, -0.2) is 42.9 Å². The number of aromatic nitrogens is 3. The lowest BCUT2D eigenvalue weighted by Gasteiger charge is -2.28. The summed E-state index contributed by atoms with van der Waals surface area (Å²) >= 11 is 0. The van der Waals surface area contributed by atoms with Crippen LogP contribution in [0.4, 0.5) is 0 Å². The largest absolute Gasteiger partial charge is 0.383 e. The van der Waals surface area contributed by atoms with E-state index in [0.717, 1.165) is 5.56 Å². The molecule has 1 N–H and O–H groups in total. The highest BCUT2D eigenvalue weighted by atomic mass is 16.3. The van der Waals surface area contributed by atoms with E-state index >= 15 is 0 Å². The lowest BCUT2D eigenvalue weighted by Crippen LogP contribution is -2.45. The second-order valence-electron chi connectivity index (χ2n) is 5.77. The number of amides is 1. The number of aliphatic hydroxyl groups is 1. The Balaban J connectivity index is 1.61. The zero-order valence-corrected chi connectivity index (χ0v) is 13.1. The van der Waals surface area contributed by atoms with Crippen LogP contribution in [0.1, 0.15) is 17.8 Å². The molecule has 0 radical (unpaired) electrons. The van der Waals surface area contributed by atoms with Crippen molar-refractivity contribution in [3.63, 3.8) is 0 Å². The van der Waals surface area contributed by atoms with Crippen molar-refractivity contribution in [3.05, 3.63) is 52.2 Å². The predicted molar refractivity (Wildman–Crippen MR) is 83.7 cm³/mol. The Kier molecular flexibility index (Phi) is 4.29. The third kappa shape index (κ3) is 3.19. The van der Waals surface area contributed by atoms with E-state index in [4.69, 9.17) is 0 Å². The number of aliphatic hydroxyl groups excluding tert-OH is 1. The molecule has 7 nitrogen and oxygen atoms in total. The molecule has 1 aromatic heterocycles. The molecule has 1 atom stereocenters. The molecule has 0 fully saturated rings. The fourth-order valence-corrected chi connectivity index (χ4v) is 2.84. The Hall–Kier alpha value is -2.41. The first-order chi connectivity index (χ1) is 11.1. The maximum atomic E-state index is 12.4. The van der Waals surface area contributed by atoms with E-state index in [9.17, 15) is 14.7 Å². The quantitative estimate of drug-likeness (QED) is 0.855. The Bertz CT molecular complexity index is 750. The number of benzene rings is 1. The monoisotopic (exact) mass is 316 g/mol. The van der Waals surface area contributed by atoms with E-state index in [1.54, 1.807) is 16.5 Å². The number of fused-ring (bicyclic) bond motifs is 1. The minimum Gasteiger partial charge on any atom is -0.383 e. The van der Waals surface area contributed by atoms with Gasteiger partial charge in [-0.25, -0.2) is 9.48 Å². The lowest BCUT2D eigenvalue weighted by atomic mass is 10.1. The molecule has 0 aliphatic carbocycles. The fraction of sp³-hybridized carbons (Fsp3) is 0.438. The average Bonchev–Trinajstić information content (AvgIpc) is 2.86. The normalized spacial score (nSPS) is 15.3. The summed E-state index contributed by atoms with van der Waals surface area (Å²) in [4.78, 5) is 25.7. The maximum absolute atomic E-state index is 12.4. The Morgan fingerprint density at radius 3 is 2.78 bits per heavy atom. The van der Waals surface area contributed by atoms with Crippen molar-refractivity contribution in [2.24, 2.45) is 7.05 Å². The van der Waals surface area contributed by atoms with Gasteiger partial charge in [-0.15, -0.1) is 0 Å². The highest BCUT2D eigenvalue weighted by molar-refractivity contribution is 5.80. The molecule has 3 rings (SSSR count). The summed E-state index contributed by atoms with van der Waals surface area (Å²) in [5.74, 6) is 0.262. The number of hydrogen-bond acceptors (Lipinski definition) is 4. The Labute approximate surface area is 133 Å². The van der Waals surface area contributed by atoms with Crippen molar-refractivity contribution in [2.45, 2.75) is 32.0 Å². The summed E-state index contributed by atoms with van der Waals surface area (Å²) in [5.41, 5.74) is 0.924. The van der Waals surface area contributed by atoms with Gasteiger partial charge in [0.1, 0.15) is 6.10 Å². The van der Waals surface area contributed by atoms with Crippen molar-refractivity contribution >= 4 is 5.91 Å². The highest BCUT2D eigenvalue weighted by Crippen LogP contribution is 2.12. The number of nitrogens with zero attached hydrogens (tertiary/aromatic N) is 4. The van der Waals surface area contributed by atoms with Crippen LogP contribution >= 0.6 is 0 Å². The third-order valence-electron chi connectivity index (χ3n) is 4.16. The van der Waals surface area contributed by atoms with Gasteiger partial charge in [-0.2, -0.15) is 5.10 Å². The molecule has 0 spiro atoms. The number of aryl methyl sites for hydroxylation is 2. The van der Waals surface area contributed by atoms with Crippen molar-refractivity contribution in [1.29, 1.82) is 0 Å². The van der Waals surface area contributed by atoms with Crippen LogP contribution in [0.3, 0.4) is 0 Å². The average molecular weight is 316 g/mol. The standard InChI is InChI=1S/C16H20N4O3/c1-18-16(23)20-10-9-19(11-14(20)17-18)15(22)13(21)8-7-12-5-3-2-4-6-12/h2-6,13,21H,7-11H2,1H3. The molecule has 1 amide bonds. The molecular weight excluding hydrogens is 296 g/mol. The van der Waals surface area contributed by atoms with Crippen LogP contribution in [-0.2, 0) is 31.4 Å². The maximum Gasteiger partial charge on any atom is 0.345 e. The van der Waals surface area contributed by atoms with Crippen molar-refractivity contribution in [2.75, 3.05) is 6.54 Å². The number of hydrogen-bond donors (Lipinski definition) is 1. The first kappa shape index (κ1) is 15.5. The van der Waals surface area contributed by atoms with Crippen LogP contribution in [0, 0.1) is 0 Å². The molecule has 122 valence electrons. The second-order valence-corrected chi connectivity index (χ2v) is 5.77. The van der Waals surface area contributed by atoms with E-state index < -0.39 is 6.10 Å². The highest BCUT2D eigenvalue weighted by Gasteiger charge is 2.28. The van der Waals surface area contributed by atoms with E-state index in [-0.39, 0.29) is 18.1 Å². The summed E-state index contributed by atoms with van der Waals surface area (Å²) in [7, 11) is 1.59. The number of carbonyl (C=O) groups excluding carboxylic acids is 1. The summed E-state index contributed by atoms with van der Waals surface area (Å²) in [6, 6.07) is 9.77. The summed E-state index contributed by atoms with van der Waals surface area (Å²) in [6.45, 7) is 1.09. The van der Waals surface area contributed by atoms with Gasteiger partial charge in [-0.05, 0) is 18.4 Å². The molecule has 7 heteroatoms. The van der Waals surface area contributed by atoms with E-state index in [1.165, 1.54) is 4.68 Å². The van der Waals surface area contributed by atoms with Crippen LogP contribution < -0.4 is 5.69 Å². The van der Waals surface area contributed by atoms with Crippen LogP contribution in [0.15, 0.2) is 35.1 Å². The summed E-state index contributed by atoms with van der Waals surface area (Å²) in [5, 5.41) is 14.3.